The summed E-state index contributed by atoms with van der Waals surface area (Å²) >= 11 is 0. The first-order chi connectivity index (χ1) is 15.2. The molecule has 0 atom stereocenters. The summed E-state index contributed by atoms with van der Waals surface area (Å²) < 4.78 is 10.6. The second kappa shape index (κ2) is 9.71. The molecule has 1 fully saturated rings. The summed E-state index contributed by atoms with van der Waals surface area (Å²) in [6.07, 6.45) is 2.18. The highest BCUT2D eigenvalue weighted by Gasteiger charge is 2.27. The van der Waals surface area contributed by atoms with E-state index >= 15 is 0 Å². The van der Waals surface area contributed by atoms with E-state index in [-0.39, 0.29) is 12.5 Å². The van der Waals surface area contributed by atoms with Crippen molar-refractivity contribution in [1.82, 2.24) is 9.88 Å². The summed E-state index contributed by atoms with van der Waals surface area (Å²) in [6.45, 7) is 0.952. The van der Waals surface area contributed by atoms with Crippen LogP contribution in [-0.2, 0) is 20.8 Å². The van der Waals surface area contributed by atoms with Gasteiger partial charge in [0.1, 0.15) is 0 Å². The van der Waals surface area contributed by atoms with Gasteiger partial charge in [-0.3, -0.25) is 9.78 Å². The Hall–Kier alpha value is -3.25. The number of carbonyl (C=O) groups excluding carboxylic acids is 2. The number of hydrogen-bond acceptors (Lipinski definition) is 5. The maximum Gasteiger partial charge on any atom is 0.339 e. The number of para-hydroxylation sites is 1. The molecule has 1 aliphatic carbocycles. The molecule has 0 spiro atoms. The van der Waals surface area contributed by atoms with Gasteiger partial charge in [0, 0.05) is 37.2 Å². The van der Waals surface area contributed by atoms with Crippen molar-refractivity contribution in [3.05, 3.63) is 77.5 Å². The van der Waals surface area contributed by atoms with Gasteiger partial charge in [0.2, 0.25) is 0 Å². The SMILES string of the molecule is COCCN(Cc1ccccc1)C(=O)COC(=O)c1cc(C2CC2)nc2ccccc12. The number of methoxy groups -OCH3 is 1. The van der Waals surface area contributed by atoms with E-state index in [1.807, 2.05) is 60.7 Å². The number of nitrogens with zero attached hydrogens (tertiary/aromatic N) is 2. The number of rotatable bonds is 9. The lowest BCUT2D eigenvalue weighted by molar-refractivity contribution is -0.135. The quantitative estimate of drug-likeness (QED) is 0.492. The van der Waals surface area contributed by atoms with Crippen LogP contribution in [0.5, 0.6) is 0 Å². The Morgan fingerprint density at radius 3 is 2.55 bits per heavy atom. The van der Waals surface area contributed by atoms with Gasteiger partial charge in [-0.1, -0.05) is 48.5 Å². The van der Waals surface area contributed by atoms with Crippen molar-refractivity contribution in [2.45, 2.75) is 25.3 Å². The molecule has 31 heavy (non-hydrogen) atoms. The number of carbonyl (C=O) groups is 2. The molecule has 0 bridgehead atoms. The molecule has 0 unspecified atom stereocenters. The Morgan fingerprint density at radius 1 is 1.06 bits per heavy atom. The molecule has 1 saturated carbocycles. The first kappa shape index (κ1) is 21.0. The third-order valence-corrected chi connectivity index (χ3v) is 5.41. The molecular formula is C25H26N2O4. The first-order valence-corrected chi connectivity index (χ1v) is 10.5. The molecule has 1 aliphatic rings. The number of aromatic nitrogens is 1. The lowest BCUT2D eigenvalue weighted by Gasteiger charge is -2.22. The molecule has 1 amide bonds. The zero-order valence-corrected chi connectivity index (χ0v) is 17.6. The highest BCUT2D eigenvalue weighted by Crippen LogP contribution is 2.40. The van der Waals surface area contributed by atoms with Crippen LogP contribution in [0, 0.1) is 0 Å². The number of esters is 1. The number of ether oxygens (including phenoxy) is 2. The van der Waals surface area contributed by atoms with E-state index in [4.69, 9.17) is 9.47 Å². The van der Waals surface area contributed by atoms with Crippen molar-refractivity contribution >= 4 is 22.8 Å². The van der Waals surface area contributed by atoms with Crippen molar-refractivity contribution in [3.63, 3.8) is 0 Å². The van der Waals surface area contributed by atoms with Gasteiger partial charge >= 0.3 is 5.97 Å². The van der Waals surface area contributed by atoms with Gasteiger partial charge in [-0.25, -0.2) is 4.79 Å². The molecule has 6 heteroatoms. The van der Waals surface area contributed by atoms with Crippen molar-refractivity contribution in [1.29, 1.82) is 0 Å². The van der Waals surface area contributed by atoms with Crippen molar-refractivity contribution in [2.75, 3.05) is 26.9 Å². The number of benzene rings is 2. The average Bonchev–Trinajstić information content (AvgIpc) is 3.65. The molecule has 0 N–H and O–H groups in total. The second-order valence-corrected chi connectivity index (χ2v) is 7.76. The maximum absolute atomic E-state index is 12.9. The lowest BCUT2D eigenvalue weighted by atomic mass is 10.1. The normalized spacial score (nSPS) is 13.2. The van der Waals surface area contributed by atoms with Crippen LogP contribution in [0.2, 0.25) is 0 Å². The Labute approximate surface area is 181 Å². The third-order valence-electron chi connectivity index (χ3n) is 5.41. The molecule has 3 aromatic rings. The van der Waals surface area contributed by atoms with E-state index in [2.05, 4.69) is 4.98 Å². The molecule has 0 radical (unpaired) electrons. The highest BCUT2D eigenvalue weighted by atomic mass is 16.5. The van der Waals surface area contributed by atoms with Gasteiger partial charge in [-0.2, -0.15) is 0 Å². The van der Waals surface area contributed by atoms with Crippen molar-refractivity contribution < 1.29 is 19.1 Å². The van der Waals surface area contributed by atoms with E-state index in [1.54, 1.807) is 12.0 Å². The molecule has 1 aromatic heterocycles. The summed E-state index contributed by atoms with van der Waals surface area (Å²) in [5, 5.41) is 0.741. The zero-order valence-electron chi connectivity index (χ0n) is 17.6. The van der Waals surface area contributed by atoms with Crippen LogP contribution in [-0.4, -0.2) is 48.6 Å². The van der Waals surface area contributed by atoms with Gasteiger partial charge in [0.05, 0.1) is 17.7 Å². The van der Waals surface area contributed by atoms with E-state index < -0.39 is 5.97 Å². The van der Waals surface area contributed by atoms with Gasteiger partial charge < -0.3 is 14.4 Å². The monoisotopic (exact) mass is 418 g/mol. The highest BCUT2D eigenvalue weighted by molar-refractivity contribution is 6.04. The summed E-state index contributed by atoms with van der Waals surface area (Å²) in [4.78, 5) is 32.1. The fraction of sp³-hybridized carbons (Fsp3) is 0.320. The molecular weight excluding hydrogens is 392 g/mol. The fourth-order valence-corrected chi connectivity index (χ4v) is 3.55. The van der Waals surface area contributed by atoms with Crippen LogP contribution >= 0.6 is 0 Å². The molecule has 160 valence electrons. The second-order valence-electron chi connectivity index (χ2n) is 7.76. The van der Waals surface area contributed by atoms with Crippen LogP contribution < -0.4 is 0 Å². The van der Waals surface area contributed by atoms with E-state index in [1.165, 1.54) is 0 Å². The molecule has 2 aromatic carbocycles. The summed E-state index contributed by atoms with van der Waals surface area (Å²) in [7, 11) is 1.59. The minimum Gasteiger partial charge on any atom is -0.452 e. The van der Waals surface area contributed by atoms with Gasteiger partial charge in [0.15, 0.2) is 6.61 Å². The number of fused-ring (bicyclic) bond motifs is 1. The molecule has 0 aliphatic heterocycles. The minimum atomic E-state index is -0.500. The number of pyridine rings is 1. The molecule has 1 heterocycles. The van der Waals surface area contributed by atoms with Crippen LogP contribution in [0.3, 0.4) is 0 Å². The van der Waals surface area contributed by atoms with Gasteiger partial charge in [0.25, 0.3) is 5.91 Å². The zero-order chi connectivity index (χ0) is 21.6. The first-order valence-electron chi connectivity index (χ1n) is 10.5. The van der Waals surface area contributed by atoms with Crippen LogP contribution in [0.15, 0.2) is 60.7 Å². The number of hydrogen-bond donors (Lipinski definition) is 0. The summed E-state index contributed by atoms with van der Waals surface area (Å²) in [5.74, 6) is -0.344. The third kappa shape index (κ3) is 5.27. The lowest BCUT2D eigenvalue weighted by Crippen LogP contribution is -2.36. The Bertz CT molecular complexity index is 1060. The van der Waals surface area contributed by atoms with E-state index in [0.29, 0.717) is 31.2 Å². The Kier molecular flexibility index (Phi) is 6.57. The van der Waals surface area contributed by atoms with Crippen LogP contribution in [0.4, 0.5) is 0 Å². The predicted molar refractivity (Wildman–Crippen MR) is 118 cm³/mol. The largest absolute Gasteiger partial charge is 0.452 e. The topological polar surface area (TPSA) is 68.7 Å². The van der Waals surface area contributed by atoms with Gasteiger partial charge in [-0.15, -0.1) is 0 Å². The summed E-state index contributed by atoms with van der Waals surface area (Å²) in [6, 6.07) is 19.1. The molecule has 0 saturated heterocycles. The molecule has 4 rings (SSSR count). The smallest absolute Gasteiger partial charge is 0.339 e. The molecule has 6 nitrogen and oxygen atoms in total. The average molecular weight is 418 g/mol. The minimum absolute atomic E-state index is 0.255. The summed E-state index contributed by atoms with van der Waals surface area (Å²) in [5.41, 5.74) is 3.16. The number of amides is 1. The fourth-order valence-electron chi connectivity index (χ4n) is 3.55. The van der Waals surface area contributed by atoms with E-state index in [0.717, 1.165) is 35.0 Å². The van der Waals surface area contributed by atoms with Crippen molar-refractivity contribution in [2.24, 2.45) is 0 Å². The Balaban J connectivity index is 1.47. The van der Waals surface area contributed by atoms with Crippen molar-refractivity contribution in [3.8, 4) is 0 Å². The van der Waals surface area contributed by atoms with Gasteiger partial charge in [-0.05, 0) is 30.5 Å². The van der Waals surface area contributed by atoms with Crippen LogP contribution in [0.25, 0.3) is 10.9 Å². The predicted octanol–water partition coefficient (Wildman–Crippen LogP) is 3.94. The standard InChI is InChI=1S/C25H26N2O4/c1-30-14-13-27(16-18-7-3-2-4-8-18)24(28)17-31-25(29)21-15-23(19-11-12-19)26-22-10-6-5-9-20(21)22/h2-10,15,19H,11-14,16-17H2,1H3. The maximum atomic E-state index is 12.9. The van der Waals surface area contributed by atoms with Crippen LogP contribution in [0.1, 0.15) is 40.4 Å². The van der Waals surface area contributed by atoms with E-state index in [9.17, 15) is 9.59 Å². The Morgan fingerprint density at radius 2 is 1.81 bits per heavy atom.